The van der Waals surface area contributed by atoms with Crippen molar-refractivity contribution in [2.24, 2.45) is 5.92 Å². The van der Waals surface area contributed by atoms with E-state index in [4.69, 9.17) is 9.47 Å². The lowest BCUT2D eigenvalue weighted by atomic mass is 10.00. The first kappa shape index (κ1) is 14.0. The Hall–Kier alpha value is -0.990. The summed E-state index contributed by atoms with van der Waals surface area (Å²) in [5.74, 6) is -0.0488. The molecule has 0 radical (unpaired) electrons. The minimum Gasteiger partial charge on any atom is -0.498 e. The van der Waals surface area contributed by atoms with Gasteiger partial charge in [0.2, 0.25) is 0 Å². The molecule has 15 heavy (non-hydrogen) atoms. The summed E-state index contributed by atoms with van der Waals surface area (Å²) in [6.07, 6.45) is 5.32. The quantitative estimate of drug-likeness (QED) is 0.336. The van der Waals surface area contributed by atoms with Gasteiger partial charge in [0.05, 0.1) is 12.2 Å². The van der Waals surface area contributed by atoms with E-state index >= 15 is 0 Å². The van der Waals surface area contributed by atoms with E-state index in [1.807, 2.05) is 6.92 Å². The van der Waals surface area contributed by atoms with Crippen LogP contribution in [0.5, 0.6) is 0 Å². The average Bonchev–Trinajstić information content (AvgIpc) is 2.25. The van der Waals surface area contributed by atoms with Crippen molar-refractivity contribution in [3.63, 3.8) is 0 Å². The molecule has 0 saturated carbocycles. The maximum Gasteiger partial charge on any atom is 0.309 e. The molecule has 1 unspecified atom stereocenters. The number of ether oxygens (including phenoxy) is 2. The molecule has 0 rings (SSSR count). The molecule has 88 valence electrons. The van der Waals surface area contributed by atoms with Crippen molar-refractivity contribution in [1.29, 1.82) is 0 Å². The molecule has 0 heterocycles. The van der Waals surface area contributed by atoms with Gasteiger partial charge in [-0.2, -0.15) is 0 Å². The standard InChI is InChI=1S/C12H22O3/c1-4-7-8-11(5-2)12(13)15-10-9-14-6-3/h6,11H,3-5,7-10H2,1-2H3. The van der Waals surface area contributed by atoms with Crippen LogP contribution in [0.4, 0.5) is 0 Å². The van der Waals surface area contributed by atoms with Crippen LogP contribution >= 0.6 is 0 Å². The summed E-state index contributed by atoms with van der Waals surface area (Å²) >= 11 is 0. The van der Waals surface area contributed by atoms with Gasteiger partial charge in [-0.25, -0.2) is 0 Å². The lowest BCUT2D eigenvalue weighted by Gasteiger charge is -2.13. The Labute approximate surface area is 92.5 Å². The summed E-state index contributed by atoms with van der Waals surface area (Å²) < 4.78 is 9.95. The van der Waals surface area contributed by atoms with Crippen molar-refractivity contribution in [3.8, 4) is 0 Å². The van der Waals surface area contributed by atoms with Gasteiger partial charge >= 0.3 is 5.97 Å². The van der Waals surface area contributed by atoms with Gasteiger partial charge < -0.3 is 9.47 Å². The van der Waals surface area contributed by atoms with Crippen LogP contribution in [0, 0.1) is 5.92 Å². The molecule has 0 aromatic heterocycles. The fourth-order valence-corrected chi connectivity index (χ4v) is 1.33. The number of hydrogen-bond acceptors (Lipinski definition) is 3. The Morgan fingerprint density at radius 3 is 2.67 bits per heavy atom. The molecule has 0 saturated heterocycles. The lowest BCUT2D eigenvalue weighted by Crippen LogP contribution is -2.19. The molecule has 0 aliphatic rings. The second-order valence-electron chi connectivity index (χ2n) is 3.45. The third-order valence-electron chi connectivity index (χ3n) is 2.30. The third kappa shape index (κ3) is 7.00. The highest BCUT2D eigenvalue weighted by Crippen LogP contribution is 2.14. The first-order valence-electron chi connectivity index (χ1n) is 5.65. The highest BCUT2D eigenvalue weighted by Gasteiger charge is 2.16. The molecule has 0 bridgehead atoms. The Kier molecular flexibility index (Phi) is 8.93. The maximum absolute atomic E-state index is 11.5. The van der Waals surface area contributed by atoms with Crippen molar-refractivity contribution >= 4 is 5.97 Å². The molecule has 0 aromatic rings. The van der Waals surface area contributed by atoms with Crippen LogP contribution in [0.25, 0.3) is 0 Å². The summed E-state index contributed by atoms with van der Waals surface area (Å²) in [6, 6.07) is 0. The summed E-state index contributed by atoms with van der Waals surface area (Å²) in [4.78, 5) is 11.5. The summed E-state index contributed by atoms with van der Waals surface area (Å²) in [5.41, 5.74) is 0. The largest absolute Gasteiger partial charge is 0.498 e. The predicted molar refractivity (Wildman–Crippen MR) is 60.4 cm³/mol. The van der Waals surface area contributed by atoms with E-state index in [2.05, 4.69) is 13.5 Å². The minimum atomic E-state index is -0.0985. The number of esters is 1. The molecule has 0 aliphatic carbocycles. The van der Waals surface area contributed by atoms with E-state index in [1.165, 1.54) is 6.26 Å². The fraction of sp³-hybridized carbons (Fsp3) is 0.750. The number of rotatable bonds is 9. The van der Waals surface area contributed by atoms with Gasteiger partial charge in [-0.15, -0.1) is 0 Å². The van der Waals surface area contributed by atoms with Crippen LogP contribution in [0.15, 0.2) is 12.8 Å². The molecule has 3 heteroatoms. The Balaban J connectivity index is 3.67. The highest BCUT2D eigenvalue weighted by molar-refractivity contribution is 5.72. The number of hydrogen-bond donors (Lipinski definition) is 0. The molecule has 0 aliphatic heterocycles. The Bertz CT molecular complexity index is 178. The van der Waals surface area contributed by atoms with Crippen LogP contribution in [-0.4, -0.2) is 19.2 Å². The molecule has 0 N–H and O–H groups in total. The van der Waals surface area contributed by atoms with Crippen molar-refractivity contribution in [3.05, 3.63) is 12.8 Å². The molecule has 1 atom stereocenters. The topological polar surface area (TPSA) is 35.5 Å². The molecule has 0 spiro atoms. The van der Waals surface area contributed by atoms with Gasteiger partial charge in [-0.1, -0.05) is 33.3 Å². The normalized spacial score (nSPS) is 11.9. The summed E-state index contributed by atoms with van der Waals surface area (Å²) in [6.45, 7) is 8.24. The lowest BCUT2D eigenvalue weighted by molar-refractivity contribution is -0.150. The van der Waals surface area contributed by atoms with E-state index in [-0.39, 0.29) is 11.9 Å². The van der Waals surface area contributed by atoms with Gasteiger partial charge in [0, 0.05) is 0 Å². The zero-order chi connectivity index (χ0) is 11.5. The van der Waals surface area contributed by atoms with Crippen LogP contribution in [0.1, 0.15) is 39.5 Å². The number of unbranched alkanes of at least 4 members (excludes halogenated alkanes) is 1. The SMILES string of the molecule is C=COCCOC(=O)C(CC)CCCC. The smallest absolute Gasteiger partial charge is 0.309 e. The van der Waals surface area contributed by atoms with E-state index in [0.717, 1.165) is 25.7 Å². The number of carbonyl (C=O) groups excluding carboxylic acids is 1. The molecular weight excluding hydrogens is 192 g/mol. The Morgan fingerprint density at radius 1 is 1.40 bits per heavy atom. The number of carbonyl (C=O) groups is 1. The third-order valence-corrected chi connectivity index (χ3v) is 2.30. The van der Waals surface area contributed by atoms with Crippen LogP contribution in [0.3, 0.4) is 0 Å². The second-order valence-corrected chi connectivity index (χ2v) is 3.45. The van der Waals surface area contributed by atoms with Crippen molar-refractivity contribution in [2.45, 2.75) is 39.5 Å². The van der Waals surface area contributed by atoms with Gasteiger partial charge in [-0.05, 0) is 12.8 Å². The monoisotopic (exact) mass is 214 g/mol. The molecule has 3 nitrogen and oxygen atoms in total. The Morgan fingerprint density at radius 2 is 2.13 bits per heavy atom. The maximum atomic E-state index is 11.5. The summed E-state index contributed by atoms with van der Waals surface area (Å²) in [5, 5.41) is 0. The second kappa shape index (κ2) is 9.56. The highest BCUT2D eigenvalue weighted by atomic mass is 16.6. The first-order valence-corrected chi connectivity index (χ1v) is 5.65. The zero-order valence-corrected chi connectivity index (χ0v) is 9.83. The molecule has 0 fully saturated rings. The molecule has 0 amide bonds. The van der Waals surface area contributed by atoms with E-state index in [9.17, 15) is 4.79 Å². The van der Waals surface area contributed by atoms with E-state index < -0.39 is 0 Å². The van der Waals surface area contributed by atoms with Gasteiger partial charge in [0.25, 0.3) is 0 Å². The van der Waals surface area contributed by atoms with Gasteiger partial charge in [0.1, 0.15) is 13.2 Å². The van der Waals surface area contributed by atoms with Crippen molar-refractivity contribution in [2.75, 3.05) is 13.2 Å². The van der Waals surface area contributed by atoms with Crippen molar-refractivity contribution in [1.82, 2.24) is 0 Å². The van der Waals surface area contributed by atoms with Crippen molar-refractivity contribution < 1.29 is 14.3 Å². The van der Waals surface area contributed by atoms with Gasteiger partial charge in [0.15, 0.2) is 0 Å². The molecular formula is C12H22O3. The van der Waals surface area contributed by atoms with E-state index in [0.29, 0.717) is 13.2 Å². The predicted octanol–water partition coefficient (Wildman–Crippen LogP) is 2.91. The minimum absolute atomic E-state index is 0.0497. The van der Waals surface area contributed by atoms with Crippen LogP contribution in [0.2, 0.25) is 0 Å². The van der Waals surface area contributed by atoms with Crippen LogP contribution in [-0.2, 0) is 14.3 Å². The van der Waals surface area contributed by atoms with Gasteiger partial charge in [-0.3, -0.25) is 4.79 Å². The first-order chi connectivity index (χ1) is 7.26. The zero-order valence-electron chi connectivity index (χ0n) is 9.83. The summed E-state index contributed by atoms with van der Waals surface area (Å²) in [7, 11) is 0. The fourth-order valence-electron chi connectivity index (χ4n) is 1.33. The van der Waals surface area contributed by atoms with Crippen LogP contribution < -0.4 is 0 Å². The van der Waals surface area contributed by atoms with E-state index in [1.54, 1.807) is 0 Å². The average molecular weight is 214 g/mol. The molecule has 0 aromatic carbocycles.